The van der Waals surface area contributed by atoms with Gasteiger partial charge in [-0.1, -0.05) is 12.1 Å². The summed E-state index contributed by atoms with van der Waals surface area (Å²) >= 11 is 5.50. The second-order valence-electron chi connectivity index (χ2n) is 5.30. The average molecular weight is 344 g/mol. The van der Waals surface area contributed by atoms with Gasteiger partial charge in [0, 0.05) is 6.54 Å². The Hall–Kier alpha value is -2.60. The Balaban J connectivity index is 1.64. The van der Waals surface area contributed by atoms with Crippen molar-refractivity contribution in [1.29, 1.82) is 0 Å². The van der Waals surface area contributed by atoms with Gasteiger partial charge in [-0.3, -0.25) is 0 Å². The third-order valence-corrected chi connectivity index (χ3v) is 3.90. The van der Waals surface area contributed by atoms with Gasteiger partial charge in [-0.2, -0.15) is 0 Å². The number of thiocarbonyl (C=S) groups is 1. The first-order chi connectivity index (χ1) is 11.7. The lowest BCUT2D eigenvalue weighted by Gasteiger charge is -2.24. The minimum atomic E-state index is -0.251. The molecule has 0 radical (unpaired) electrons. The Bertz CT molecular complexity index is 719. The molecule has 0 saturated heterocycles. The fraction of sp³-hybridized carbons (Fsp3) is 0.167. The summed E-state index contributed by atoms with van der Waals surface area (Å²) in [7, 11) is 0. The molecule has 0 unspecified atom stereocenters. The summed E-state index contributed by atoms with van der Waals surface area (Å²) in [4.78, 5) is 1.95. The van der Waals surface area contributed by atoms with Crippen LogP contribution < -0.4 is 5.32 Å². The summed E-state index contributed by atoms with van der Waals surface area (Å²) in [6.45, 7) is 1.58. The molecule has 4 nitrogen and oxygen atoms in total. The summed E-state index contributed by atoms with van der Waals surface area (Å²) < 4.78 is 23.8. The largest absolute Gasteiger partial charge is 0.467 e. The van der Waals surface area contributed by atoms with Crippen molar-refractivity contribution in [1.82, 2.24) is 10.2 Å². The number of furan rings is 2. The van der Waals surface area contributed by atoms with Crippen LogP contribution in [-0.2, 0) is 19.6 Å². The molecule has 2 heterocycles. The lowest BCUT2D eigenvalue weighted by Crippen LogP contribution is -2.38. The van der Waals surface area contributed by atoms with Gasteiger partial charge in [-0.05, 0) is 54.2 Å². The topological polar surface area (TPSA) is 41.5 Å². The summed E-state index contributed by atoms with van der Waals surface area (Å²) in [5, 5.41) is 3.77. The Morgan fingerprint density at radius 3 is 2.04 bits per heavy atom. The van der Waals surface area contributed by atoms with E-state index in [0.29, 0.717) is 24.7 Å². The van der Waals surface area contributed by atoms with Crippen LogP contribution in [0.25, 0.3) is 0 Å². The molecule has 3 rings (SSSR count). The van der Waals surface area contributed by atoms with E-state index in [1.165, 1.54) is 12.1 Å². The Labute approximate surface area is 144 Å². The molecule has 24 heavy (non-hydrogen) atoms. The SMILES string of the molecule is Fc1ccc(CNC(=S)N(Cc2ccco2)Cc2ccco2)cc1. The fourth-order valence-corrected chi connectivity index (χ4v) is 2.47. The highest BCUT2D eigenvalue weighted by Crippen LogP contribution is 2.12. The zero-order valence-corrected chi connectivity index (χ0v) is 13.8. The van der Waals surface area contributed by atoms with Gasteiger partial charge in [0.15, 0.2) is 5.11 Å². The molecule has 2 aromatic heterocycles. The van der Waals surface area contributed by atoms with Crippen LogP contribution >= 0.6 is 12.2 Å². The maximum atomic E-state index is 13.0. The number of nitrogens with zero attached hydrogens (tertiary/aromatic N) is 1. The minimum absolute atomic E-state index is 0.251. The molecule has 0 atom stereocenters. The van der Waals surface area contributed by atoms with E-state index in [2.05, 4.69) is 5.32 Å². The maximum Gasteiger partial charge on any atom is 0.170 e. The number of benzene rings is 1. The summed E-state index contributed by atoms with van der Waals surface area (Å²) in [6, 6.07) is 13.8. The van der Waals surface area contributed by atoms with Crippen molar-refractivity contribution in [3.05, 3.63) is 84.0 Å². The van der Waals surface area contributed by atoms with Crippen molar-refractivity contribution in [3.8, 4) is 0 Å². The molecule has 0 spiro atoms. The Morgan fingerprint density at radius 1 is 0.958 bits per heavy atom. The number of hydrogen-bond donors (Lipinski definition) is 1. The lowest BCUT2D eigenvalue weighted by atomic mass is 10.2. The van der Waals surface area contributed by atoms with Crippen LogP contribution in [-0.4, -0.2) is 10.0 Å². The first-order valence-electron chi connectivity index (χ1n) is 7.53. The van der Waals surface area contributed by atoms with E-state index >= 15 is 0 Å². The molecule has 0 aliphatic heterocycles. The van der Waals surface area contributed by atoms with Crippen LogP contribution in [0.3, 0.4) is 0 Å². The third kappa shape index (κ3) is 4.45. The zero-order valence-electron chi connectivity index (χ0n) is 12.9. The predicted octanol–water partition coefficient (Wildman–Crippen LogP) is 4.09. The lowest BCUT2D eigenvalue weighted by molar-refractivity contribution is 0.321. The van der Waals surface area contributed by atoms with E-state index in [1.807, 2.05) is 29.2 Å². The number of hydrogen-bond acceptors (Lipinski definition) is 3. The molecule has 0 aliphatic carbocycles. The van der Waals surface area contributed by atoms with Crippen LogP contribution in [0, 0.1) is 5.82 Å². The first-order valence-corrected chi connectivity index (χ1v) is 7.93. The van der Waals surface area contributed by atoms with Crippen molar-refractivity contribution in [2.24, 2.45) is 0 Å². The number of halogens is 1. The quantitative estimate of drug-likeness (QED) is 0.682. The smallest absolute Gasteiger partial charge is 0.170 e. The third-order valence-electron chi connectivity index (χ3n) is 3.50. The van der Waals surface area contributed by atoms with Crippen molar-refractivity contribution >= 4 is 17.3 Å². The van der Waals surface area contributed by atoms with Crippen molar-refractivity contribution in [3.63, 3.8) is 0 Å². The van der Waals surface area contributed by atoms with Gasteiger partial charge in [0.1, 0.15) is 17.3 Å². The summed E-state index contributed by atoms with van der Waals surface area (Å²) in [6.07, 6.45) is 3.27. The standard InChI is InChI=1S/C18H17FN2O2S/c19-15-7-5-14(6-8-15)11-20-18(24)21(12-16-3-1-9-22-16)13-17-4-2-10-23-17/h1-10H,11-13H2,(H,20,24). The second-order valence-corrected chi connectivity index (χ2v) is 5.69. The molecule has 6 heteroatoms. The van der Waals surface area contributed by atoms with Crippen LogP contribution in [0.4, 0.5) is 4.39 Å². The maximum absolute atomic E-state index is 13.0. The molecule has 3 aromatic rings. The Morgan fingerprint density at radius 2 is 1.54 bits per heavy atom. The molecule has 0 saturated carbocycles. The van der Waals surface area contributed by atoms with Crippen LogP contribution in [0.2, 0.25) is 0 Å². The minimum Gasteiger partial charge on any atom is -0.467 e. The van der Waals surface area contributed by atoms with Gasteiger partial charge in [-0.15, -0.1) is 0 Å². The van der Waals surface area contributed by atoms with E-state index < -0.39 is 0 Å². The molecule has 1 N–H and O–H groups in total. The van der Waals surface area contributed by atoms with Gasteiger partial charge in [0.05, 0.1) is 25.6 Å². The normalized spacial score (nSPS) is 10.5. The van der Waals surface area contributed by atoms with Gasteiger partial charge < -0.3 is 19.1 Å². The van der Waals surface area contributed by atoms with E-state index in [4.69, 9.17) is 21.1 Å². The molecule has 0 aliphatic rings. The summed E-state index contributed by atoms with van der Waals surface area (Å²) in [5.41, 5.74) is 0.953. The Kier molecular flexibility index (Phi) is 5.28. The molecule has 1 aromatic carbocycles. The molecular formula is C18H17FN2O2S. The predicted molar refractivity (Wildman–Crippen MR) is 92.5 cm³/mol. The fourth-order valence-electron chi connectivity index (χ4n) is 2.27. The van der Waals surface area contributed by atoms with E-state index in [1.54, 1.807) is 24.7 Å². The van der Waals surface area contributed by atoms with Gasteiger partial charge >= 0.3 is 0 Å². The van der Waals surface area contributed by atoms with Gasteiger partial charge in [-0.25, -0.2) is 4.39 Å². The van der Waals surface area contributed by atoms with E-state index in [0.717, 1.165) is 17.1 Å². The highest BCUT2D eigenvalue weighted by molar-refractivity contribution is 7.80. The number of rotatable bonds is 6. The molecular weight excluding hydrogens is 327 g/mol. The van der Waals surface area contributed by atoms with Crippen molar-refractivity contribution in [2.75, 3.05) is 0 Å². The first kappa shape index (κ1) is 16.3. The molecule has 0 fully saturated rings. The monoisotopic (exact) mass is 344 g/mol. The molecule has 0 bridgehead atoms. The molecule has 0 amide bonds. The number of nitrogens with one attached hydrogen (secondary N) is 1. The van der Waals surface area contributed by atoms with Gasteiger partial charge in [0.2, 0.25) is 0 Å². The van der Waals surface area contributed by atoms with Crippen molar-refractivity contribution < 1.29 is 13.2 Å². The highest BCUT2D eigenvalue weighted by atomic mass is 32.1. The average Bonchev–Trinajstić information content (AvgIpc) is 3.27. The highest BCUT2D eigenvalue weighted by Gasteiger charge is 2.14. The van der Waals surface area contributed by atoms with Gasteiger partial charge in [0.25, 0.3) is 0 Å². The summed E-state index contributed by atoms with van der Waals surface area (Å²) in [5.74, 6) is 1.37. The van der Waals surface area contributed by atoms with E-state index in [-0.39, 0.29) is 5.82 Å². The second kappa shape index (κ2) is 7.79. The van der Waals surface area contributed by atoms with Crippen LogP contribution in [0.15, 0.2) is 69.9 Å². The van der Waals surface area contributed by atoms with E-state index in [9.17, 15) is 4.39 Å². The van der Waals surface area contributed by atoms with Crippen molar-refractivity contribution in [2.45, 2.75) is 19.6 Å². The zero-order chi connectivity index (χ0) is 16.8. The van der Waals surface area contributed by atoms with Crippen LogP contribution in [0.5, 0.6) is 0 Å². The van der Waals surface area contributed by atoms with Crippen LogP contribution in [0.1, 0.15) is 17.1 Å². The molecule has 124 valence electrons.